The molecular weight excluding hydrogens is 664 g/mol. The van der Waals surface area contributed by atoms with Crippen molar-refractivity contribution in [3.63, 3.8) is 0 Å². The van der Waals surface area contributed by atoms with Gasteiger partial charge < -0.3 is 24.1 Å². The molecule has 10 nitrogen and oxygen atoms in total. The number of esters is 4. The Morgan fingerprint density at radius 3 is 2.06 bits per heavy atom. The Morgan fingerprint density at radius 1 is 0.731 bits per heavy atom. The van der Waals surface area contributed by atoms with Crippen LogP contribution in [0.5, 0.6) is 0 Å². The second kappa shape index (κ2) is 14.8. The van der Waals surface area contributed by atoms with E-state index in [-0.39, 0.29) is 90.7 Å². The third-order valence-corrected chi connectivity index (χ3v) is 15.4. The number of aliphatic carboxylic acids is 1. The fraction of sp³-hybridized carbons (Fsp3) is 0.786. The van der Waals surface area contributed by atoms with E-state index in [1.165, 1.54) is 13.8 Å². The van der Waals surface area contributed by atoms with Crippen LogP contribution in [0.2, 0.25) is 0 Å². The first-order valence-corrected chi connectivity index (χ1v) is 19.3. The van der Waals surface area contributed by atoms with Crippen LogP contribution in [0.1, 0.15) is 126 Å². The van der Waals surface area contributed by atoms with E-state index in [1.807, 2.05) is 0 Å². The number of hydrogen-bond acceptors (Lipinski definition) is 9. The van der Waals surface area contributed by atoms with E-state index in [0.29, 0.717) is 11.8 Å². The van der Waals surface area contributed by atoms with Crippen LogP contribution in [0.3, 0.4) is 0 Å². The SMILES string of the molecule is C=C(C)[C@@H]1CC[C@]2(C(=O)OCC#CCOC(=O)CCC(=O)O)CC[C@]3(C)[C@H](CC[C@@H]4[C@@]5(C)CC[C@H](OC(C)=O)[C@@](C)(COC(C)=O)[C@@H]5CC[C@]43C)[C@@H]12. The van der Waals surface area contributed by atoms with Crippen molar-refractivity contribution in [2.75, 3.05) is 19.8 Å². The fourth-order valence-electron chi connectivity index (χ4n) is 12.9. The van der Waals surface area contributed by atoms with Crippen LogP contribution in [-0.4, -0.2) is 60.9 Å². The highest BCUT2D eigenvalue weighted by Crippen LogP contribution is 2.77. The van der Waals surface area contributed by atoms with Gasteiger partial charge in [0.1, 0.15) is 12.7 Å². The van der Waals surface area contributed by atoms with E-state index in [0.717, 1.165) is 69.8 Å². The molecule has 5 saturated carbocycles. The van der Waals surface area contributed by atoms with E-state index in [4.69, 9.17) is 24.1 Å². The lowest BCUT2D eigenvalue weighted by Gasteiger charge is -2.72. The third kappa shape index (κ3) is 6.79. The van der Waals surface area contributed by atoms with Gasteiger partial charge in [0, 0.05) is 19.3 Å². The predicted octanol–water partition coefficient (Wildman–Crippen LogP) is 7.07. The summed E-state index contributed by atoms with van der Waals surface area (Å²) in [5.41, 5.74) is 0.00120. The highest BCUT2D eigenvalue weighted by Gasteiger charge is 2.72. The lowest BCUT2D eigenvalue weighted by Crippen LogP contribution is -2.68. The van der Waals surface area contributed by atoms with Crippen LogP contribution in [0.4, 0.5) is 0 Å². The Hall–Kier alpha value is -3.35. The number of carboxylic acids is 1. The maximum absolute atomic E-state index is 14.2. The van der Waals surface area contributed by atoms with Crippen LogP contribution in [-0.2, 0) is 42.9 Å². The van der Waals surface area contributed by atoms with Gasteiger partial charge in [-0.05, 0) is 117 Å². The molecule has 1 N–H and O–H groups in total. The molecule has 5 aliphatic rings. The minimum atomic E-state index is -1.07. The van der Waals surface area contributed by atoms with Crippen molar-refractivity contribution in [3.05, 3.63) is 12.2 Å². The quantitative estimate of drug-likeness (QED) is 0.108. The van der Waals surface area contributed by atoms with Crippen molar-refractivity contribution in [2.45, 2.75) is 132 Å². The molecule has 0 saturated heterocycles. The average molecular weight is 725 g/mol. The van der Waals surface area contributed by atoms with E-state index >= 15 is 0 Å². The number of hydrogen-bond donors (Lipinski definition) is 1. The largest absolute Gasteiger partial charge is 0.481 e. The molecule has 52 heavy (non-hydrogen) atoms. The average Bonchev–Trinajstić information content (AvgIpc) is 3.47. The monoisotopic (exact) mass is 724 g/mol. The highest BCUT2D eigenvalue weighted by molar-refractivity contribution is 5.79. The van der Waals surface area contributed by atoms with Gasteiger partial charge in [-0.1, -0.05) is 51.7 Å². The molecule has 0 radical (unpaired) electrons. The smallest absolute Gasteiger partial charge is 0.313 e. The van der Waals surface area contributed by atoms with Crippen molar-refractivity contribution in [3.8, 4) is 11.8 Å². The highest BCUT2D eigenvalue weighted by atomic mass is 16.6. The fourth-order valence-corrected chi connectivity index (χ4v) is 12.9. The van der Waals surface area contributed by atoms with Gasteiger partial charge in [0.15, 0.2) is 13.2 Å². The Kier molecular flexibility index (Phi) is 11.4. The van der Waals surface area contributed by atoms with E-state index in [9.17, 15) is 24.0 Å². The molecule has 288 valence electrons. The first-order chi connectivity index (χ1) is 24.4. The molecule has 11 atom stereocenters. The number of allylic oxidation sites excluding steroid dienone is 1. The third-order valence-electron chi connectivity index (χ3n) is 15.4. The lowest BCUT2D eigenvalue weighted by atomic mass is 9.32. The van der Waals surface area contributed by atoms with Gasteiger partial charge >= 0.3 is 29.8 Å². The summed E-state index contributed by atoms with van der Waals surface area (Å²) in [4.78, 5) is 60.9. The van der Waals surface area contributed by atoms with Gasteiger partial charge in [-0.3, -0.25) is 24.0 Å². The zero-order valence-electron chi connectivity index (χ0n) is 32.4. The molecule has 0 bridgehead atoms. The molecule has 5 fully saturated rings. The summed E-state index contributed by atoms with van der Waals surface area (Å²) in [5.74, 6) is 4.31. The number of carboxylic acid groups (broad SMARTS) is 1. The predicted molar refractivity (Wildman–Crippen MR) is 192 cm³/mol. The van der Waals surface area contributed by atoms with E-state index < -0.39 is 22.8 Å². The molecule has 0 aliphatic heterocycles. The Balaban J connectivity index is 1.37. The Labute approximate surface area is 309 Å². The lowest BCUT2D eigenvalue weighted by molar-refractivity contribution is -0.257. The minimum absolute atomic E-state index is 0.0142. The van der Waals surface area contributed by atoms with Gasteiger partial charge in [-0.2, -0.15) is 0 Å². The maximum Gasteiger partial charge on any atom is 0.313 e. The molecule has 0 heterocycles. The van der Waals surface area contributed by atoms with Gasteiger partial charge in [0.2, 0.25) is 0 Å². The Morgan fingerprint density at radius 2 is 1.42 bits per heavy atom. The van der Waals surface area contributed by atoms with E-state index in [1.54, 1.807) is 0 Å². The number of carbonyl (C=O) groups excluding carboxylic acids is 4. The van der Waals surface area contributed by atoms with Gasteiger partial charge in [0.05, 0.1) is 18.3 Å². The van der Waals surface area contributed by atoms with Crippen LogP contribution in [0.25, 0.3) is 0 Å². The van der Waals surface area contributed by atoms with Crippen molar-refractivity contribution in [1.82, 2.24) is 0 Å². The molecule has 0 aromatic carbocycles. The molecular formula is C42H60O10. The van der Waals surface area contributed by atoms with Crippen molar-refractivity contribution in [2.24, 2.45) is 56.7 Å². The zero-order valence-corrected chi connectivity index (χ0v) is 32.4. The molecule has 0 spiro atoms. The molecule has 5 aliphatic carbocycles. The molecule has 0 unspecified atom stereocenters. The van der Waals surface area contributed by atoms with Crippen LogP contribution < -0.4 is 0 Å². The van der Waals surface area contributed by atoms with Crippen molar-refractivity contribution < 1.29 is 48.0 Å². The second-order valence-corrected chi connectivity index (χ2v) is 17.7. The normalized spacial score (nSPS) is 40.2. The summed E-state index contributed by atoms with van der Waals surface area (Å²) in [7, 11) is 0. The summed E-state index contributed by atoms with van der Waals surface area (Å²) in [6.07, 6.45) is 8.26. The van der Waals surface area contributed by atoms with E-state index in [2.05, 4.69) is 53.0 Å². The first kappa shape index (κ1) is 39.8. The minimum Gasteiger partial charge on any atom is -0.481 e. The first-order valence-electron chi connectivity index (χ1n) is 19.3. The standard InChI is InChI=1S/C42H60O10/c1-26(2)29-15-20-42(37(48)50-24-10-9-23-49-35(47)14-13-34(45)46)22-21-40(7)30(36(29)42)11-12-32-38(5)18-17-33(52-28(4)44)39(6,25-51-27(3)43)31(38)16-19-41(32,40)8/h29-33,36H,1,11-25H2,2-8H3,(H,45,46)/t29-,30+,31+,32+,33-,36+,38-,39-,40+,41+,42-/m0/s1. The molecule has 0 aromatic rings. The van der Waals surface area contributed by atoms with Crippen LogP contribution >= 0.6 is 0 Å². The molecule has 0 aromatic heterocycles. The summed E-state index contributed by atoms with van der Waals surface area (Å²) in [5, 5.41) is 8.73. The van der Waals surface area contributed by atoms with Crippen LogP contribution in [0.15, 0.2) is 12.2 Å². The molecule has 5 rings (SSSR count). The summed E-state index contributed by atoms with van der Waals surface area (Å²) in [6.45, 7) is 19.0. The zero-order chi connectivity index (χ0) is 38.3. The second-order valence-electron chi connectivity index (χ2n) is 17.7. The Bertz CT molecular complexity index is 1520. The van der Waals surface area contributed by atoms with Crippen molar-refractivity contribution in [1.29, 1.82) is 0 Å². The number of fused-ring (bicyclic) bond motifs is 7. The molecule has 0 amide bonds. The van der Waals surface area contributed by atoms with Gasteiger partial charge in [-0.25, -0.2) is 0 Å². The summed E-state index contributed by atoms with van der Waals surface area (Å²) >= 11 is 0. The van der Waals surface area contributed by atoms with Gasteiger partial charge in [-0.15, -0.1) is 0 Å². The molecule has 10 heteroatoms. The number of rotatable bonds is 10. The number of ether oxygens (including phenoxy) is 4. The summed E-state index contributed by atoms with van der Waals surface area (Å²) < 4.78 is 22.6. The van der Waals surface area contributed by atoms with Crippen LogP contribution in [0, 0.1) is 68.5 Å². The number of carbonyl (C=O) groups is 5. The van der Waals surface area contributed by atoms with Gasteiger partial charge in [0.25, 0.3) is 0 Å². The topological polar surface area (TPSA) is 143 Å². The summed E-state index contributed by atoms with van der Waals surface area (Å²) in [6, 6.07) is 0. The maximum atomic E-state index is 14.2. The van der Waals surface area contributed by atoms with Crippen molar-refractivity contribution >= 4 is 29.8 Å².